The topological polar surface area (TPSA) is 44.0 Å². The van der Waals surface area contributed by atoms with Crippen molar-refractivity contribution in [3.05, 3.63) is 17.7 Å². The van der Waals surface area contributed by atoms with Gasteiger partial charge in [-0.05, 0) is 26.8 Å². The van der Waals surface area contributed by atoms with E-state index in [0.29, 0.717) is 0 Å². The Balaban J connectivity index is 1.60. The number of H-pyrrole nitrogens is 1. The van der Waals surface area contributed by atoms with Crippen LogP contribution in [0, 0.1) is 6.92 Å². The lowest BCUT2D eigenvalue weighted by Crippen LogP contribution is -2.30. The van der Waals surface area contributed by atoms with Crippen LogP contribution in [0.3, 0.4) is 0 Å². The third-order valence-electron chi connectivity index (χ3n) is 3.04. The fourth-order valence-corrected chi connectivity index (χ4v) is 1.73. The summed E-state index contributed by atoms with van der Waals surface area (Å²) < 4.78 is 0. The summed E-state index contributed by atoms with van der Waals surface area (Å²) in [6.45, 7) is 5.10. The Labute approximate surface area is 91.1 Å². The van der Waals surface area contributed by atoms with Gasteiger partial charge in [0.25, 0.3) is 0 Å². The molecule has 15 heavy (non-hydrogen) atoms. The van der Waals surface area contributed by atoms with Crippen LogP contribution in [0.15, 0.2) is 6.33 Å². The van der Waals surface area contributed by atoms with Crippen LogP contribution in [-0.4, -0.2) is 41.0 Å². The molecule has 0 amide bonds. The molecule has 4 heteroatoms. The first-order valence-corrected chi connectivity index (χ1v) is 5.67. The van der Waals surface area contributed by atoms with Gasteiger partial charge >= 0.3 is 0 Å². The molecular formula is C11H20N4. The molecule has 0 atom stereocenters. The average molecular weight is 208 g/mol. The quantitative estimate of drug-likeness (QED) is 0.683. The molecular weight excluding hydrogens is 188 g/mol. The van der Waals surface area contributed by atoms with Crippen LogP contribution in [-0.2, 0) is 6.54 Å². The van der Waals surface area contributed by atoms with Crippen molar-refractivity contribution in [1.82, 2.24) is 20.2 Å². The summed E-state index contributed by atoms with van der Waals surface area (Å²) in [4.78, 5) is 9.77. The standard InChI is InChI=1S/C11H20N4/c1-9-11(14-8-13-9)7-12-5-6-15(2)10-3-4-10/h8,10,12H,3-7H2,1-2H3,(H,13,14). The highest BCUT2D eigenvalue weighted by molar-refractivity contribution is 5.07. The van der Waals surface area contributed by atoms with E-state index in [1.165, 1.54) is 12.8 Å². The number of hydrogen-bond acceptors (Lipinski definition) is 3. The highest BCUT2D eigenvalue weighted by Crippen LogP contribution is 2.24. The SMILES string of the molecule is Cc1[nH]cnc1CNCCN(C)C1CC1. The van der Waals surface area contributed by atoms with Crippen molar-refractivity contribution in [2.45, 2.75) is 32.4 Å². The lowest BCUT2D eigenvalue weighted by atomic mass is 10.3. The number of aromatic nitrogens is 2. The molecule has 2 rings (SSSR count). The van der Waals surface area contributed by atoms with Crippen LogP contribution in [0.2, 0.25) is 0 Å². The Morgan fingerprint density at radius 1 is 1.60 bits per heavy atom. The van der Waals surface area contributed by atoms with E-state index >= 15 is 0 Å². The van der Waals surface area contributed by atoms with Crippen molar-refractivity contribution in [2.24, 2.45) is 0 Å². The van der Waals surface area contributed by atoms with Crippen molar-refractivity contribution in [3.8, 4) is 0 Å². The fourth-order valence-electron chi connectivity index (χ4n) is 1.73. The Morgan fingerprint density at radius 2 is 2.40 bits per heavy atom. The van der Waals surface area contributed by atoms with Crippen LogP contribution < -0.4 is 5.32 Å². The summed E-state index contributed by atoms with van der Waals surface area (Å²) in [6, 6.07) is 0.860. The zero-order valence-corrected chi connectivity index (χ0v) is 9.58. The molecule has 0 saturated heterocycles. The number of hydrogen-bond donors (Lipinski definition) is 2. The fraction of sp³-hybridized carbons (Fsp3) is 0.727. The minimum Gasteiger partial charge on any atom is -0.348 e. The zero-order chi connectivity index (χ0) is 10.7. The predicted molar refractivity (Wildman–Crippen MR) is 60.7 cm³/mol. The van der Waals surface area contributed by atoms with Gasteiger partial charge in [0.2, 0.25) is 0 Å². The van der Waals surface area contributed by atoms with Crippen molar-refractivity contribution in [2.75, 3.05) is 20.1 Å². The molecule has 0 unspecified atom stereocenters. The van der Waals surface area contributed by atoms with Crippen molar-refractivity contribution < 1.29 is 0 Å². The first-order valence-electron chi connectivity index (χ1n) is 5.67. The molecule has 1 aliphatic rings. The number of aryl methyl sites for hydroxylation is 1. The largest absolute Gasteiger partial charge is 0.348 e. The Hall–Kier alpha value is -0.870. The van der Waals surface area contributed by atoms with Gasteiger partial charge in [0, 0.05) is 31.4 Å². The average Bonchev–Trinajstić information content (AvgIpc) is 2.99. The van der Waals surface area contributed by atoms with Crippen LogP contribution in [0.25, 0.3) is 0 Å². The zero-order valence-electron chi connectivity index (χ0n) is 9.58. The van der Waals surface area contributed by atoms with Crippen molar-refractivity contribution >= 4 is 0 Å². The van der Waals surface area contributed by atoms with E-state index in [9.17, 15) is 0 Å². The van der Waals surface area contributed by atoms with Gasteiger partial charge in [0.1, 0.15) is 0 Å². The molecule has 1 aliphatic carbocycles. The third-order valence-corrected chi connectivity index (χ3v) is 3.04. The molecule has 1 fully saturated rings. The first kappa shape index (κ1) is 10.6. The summed E-state index contributed by atoms with van der Waals surface area (Å²) >= 11 is 0. The van der Waals surface area contributed by atoms with E-state index in [0.717, 1.165) is 37.1 Å². The number of imidazole rings is 1. The summed E-state index contributed by atoms with van der Waals surface area (Å²) in [5.74, 6) is 0. The molecule has 0 radical (unpaired) electrons. The molecule has 1 saturated carbocycles. The predicted octanol–water partition coefficient (Wildman–Crippen LogP) is 0.902. The van der Waals surface area contributed by atoms with Crippen LogP contribution in [0.4, 0.5) is 0 Å². The number of likely N-dealkylation sites (N-methyl/N-ethyl adjacent to an activating group) is 1. The van der Waals surface area contributed by atoms with Gasteiger partial charge in [-0.2, -0.15) is 0 Å². The molecule has 1 aromatic rings. The molecule has 1 heterocycles. The maximum absolute atomic E-state index is 4.25. The Bertz CT molecular complexity index is 303. The summed E-state index contributed by atoms with van der Waals surface area (Å²) in [5.41, 5.74) is 2.29. The Kier molecular flexibility index (Phi) is 3.38. The summed E-state index contributed by atoms with van der Waals surface area (Å²) in [5, 5.41) is 3.42. The smallest absolute Gasteiger partial charge is 0.0925 e. The monoisotopic (exact) mass is 208 g/mol. The number of nitrogens with one attached hydrogen (secondary N) is 2. The van der Waals surface area contributed by atoms with E-state index in [1.54, 1.807) is 6.33 Å². The maximum Gasteiger partial charge on any atom is 0.0925 e. The van der Waals surface area contributed by atoms with Gasteiger partial charge < -0.3 is 15.2 Å². The van der Waals surface area contributed by atoms with Gasteiger partial charge in [-0.25, -0.2) is 4.98 Å². The Morgan fingerprint density at radius 3 is 3.00 bits per heavy atom. The summed E-state index contributed by atoms with van der Waals surface area (Å²) in [6.07, 6.45) is 4.52. The molecule has 0 bridgehead atoms. The van der Waals surface area contributed by atoms with Crippen LogP contribution in [0.5, 0.6) is 0 Å². The maximum atomic E-state index is 4.25. The van der Waals surface area contributed by atoms with E-state index in [2.05, 4.69) is 34.2 Å². The molecule has 0 aliphatic heterocycles. The van der Waals surface area contributed by atoms with Gasteiger partial charge in [-0.3, -0.25) is 0 Å². The lowest BCUT2D eigenvalue weighted by molar-refractivity contribution is 0.321. The minimum atomic E-state index is 0.860. The highest BCUT2D eigenvalue weighted by atomic mass is 15.2. The molecule has 0 aromatic carbocycles. The highest BCUT2D eigenvalue weighted by Gasteiger charge is 2.25. The molecule has 0 spiro atoms. The normalized spacial score (nSPS) is 16.2. The summed E-state index contributed by atoms with van der Waals surface area (Å²) in [7, 11) is 2.21. The van der Waals surface area contributed by atoms with E-state index in [-0.39, 0.29) is 0 Å². The van der Waals surface area contributed by atoms with Gasteiger partial charge in [0.05, 0.1) is 12.0 Å². The van der Waals surface area contributed by atoms with Gasteiger partial charge in [-0.15, -0.1) is 0 Å². The minimum absolute atomic E-state index is 0.860. The van der Waals surface area contributed by atoms with Crippen molar-refractivity contribution in [3.63, 3.8) is 0 Å². The molecule has 4 nitrogen and oxygen atoms in total. The first-order chi connectivity index (χ1) is 7.27. The van der Waals surface area contributed by atoms with Gasteiger partial charge in [-0.1, -0.05) is 0 Å². The van der Waals surface area contributed by atoms with Crippen LogP contribution >= 0.6 is 0 Å². The lowest BCUT2D eigenvalue weighted by Gasteiger charge is -2.15. The van der Waals surface area contributed by atoms with E-state index < -0.39 is 0 Å². The molecule has 1 aromatic heterocycles. The second-order valence-electron chi connectivity index (χ2n) is 4.36. The third kappa shape index (κ3) is 3.04. The number of aromatic amines is 1. The molecule has 2 N–H and O–H groups in total. The molecule has 84 valence electrons. The van der Waals surface area contributed by atoms with Gasteiger partial charge in [0.15, 0.2) is 0 Å². The number of rotatable bonds is 6. The number of nitrogens with zero attached hydrogens (tertiary/aromatic N) is 2. The second kappa shape index (κ2) is 4.77. The van der Waals surface area contributed by atoms with Crippen molar-refractivity contribution in [1.29, 1.82) is 0 Å². The van der Waals surface area contributed by atoms with Crippen LogP contribution in [0.1, 0.15) is 24.2 Å². The van der Waals surface area contributed by atoms with E-state index in [1.807, 2.05) is 0 Å². The van der Waals surface area contributed by atoms with E-state index in [4.69, 9.17) is 0 Å². The second-order valence-corrected chi connectivity index (χ2v) is 4.36.